The van der Waals surface area contributed by atoms with Gasteiger partial charge in [-0.3, -0.25) is 9.10 Å². The van der Waals surface area contributed by atoms with Gasteiger partial charge in [0.05, 0.1) is 32.9 Å². The number of nitrogens with zero attached hydrogens (tertiary/aromatic N) is 1. The van der Waals surface area contributed by atoms with Crippen LogP contribution in [0.25, 0.3) is 0 Å². The van der Waals surface area contributed by atoms with Gasteiger partial charge < -0.3 is 5.32 Å². The van der Waals surface area contributed by atoms with Crippen molar-refractivity contribution in [3.05, 3.63) is 58.1 Å². The second kappa shape index (κ2) is 8.91. The van der Waals surface area contributed by atoms with E-state index in [2.05, 4.69) is 5.32 Å². The predicted molar refractivity (Wildman–Crippen MR) is 115 cm³/mol. The molecular formula is C18H20Cl2N2O5S2. The molecule has 0 heterocycles. The van der Waals surface area contributed by atoms with E-state index in [1.807, 2.05) is 0 Å². The van der Waals surface area contributed by atoms with E-state index in [1.165, 1.54) is 30.3 Å². The summed E-state index contributed by atoms with van der Waals surface area (Å²) in [6.07, 6.45) is 2.07. The monoisotopic (exact) mass is 478 g/mol. The lowest BCUT2D eigenvalue weighted by atomic mass is 10.1. The molecule has 7 nitrogen and oxygen atoms in total. The zero-order valence-corrected chi connectivity index (χ0v) is 19.0. The highest BCUT2D eigenvalue weighted by atomic mass is 35.5. The molecule has 0 aliphatic carbocycles. The maximum Gasteiger partial charge on any atom is 0.241 e. The fourth-order valence-corrected chi connectivity index (χ4v) is 4.51. The summed E-state index contributed by atoms with van der Waals surface area (Å²) in [5.74, 6) is -0.564. The summed E-state index contributed by atoms with van der Waals surface area (Å²) in [7, 11) is -7.13. The zero-order chi connectivity index (χ0) is 22.0. The Morgan fingerprint density at radius 1 is 1.03 bits per heavy atom. The van der Waals surface area contributed by atoms with Gasteiger partial charge in [0, 0.05) is 6.26 Å². The van der Waals surface area contributed by atoms with Crippen LogP contribution in [0.15, 0.2) is 47.4 Å². The quantitative estimate of drug-likeness (QED) is 0.658. The fraction of sp³-hybridized carbons (Fsp3) is 0.278. The second-order valence-corrected chi connectivity index (χ2v) is 11.2. The minimum absolute atomic E-state index is 0.0248. The number of rotatable bonds is 7. The van der Waals surface area contributed by atoms with E-state index in [1.54, 1.807) is 19.1 Å². The summed E-state index contributed by atoms with van der Waals surface area (Å²) in [5, 5.41) is 2.88. The van der Waals surface area contributed by atoms with Gasteiger partial charge in [0.15, 0.2) is 9.84 Å². The first-order chi connectivity index (χ1) is 13.3. The first-order valence-electron chi connectivity index (χ1n) is 8.32. The van der Waals surface area contributed by atoms with E-state index in [9.17, 15) is 21.6 Å². The molecule has 0 spiro atoms. The van der Waals surface area contributed by atoms with E-state index in [0.717, 1.165) is 16.8 Å². The Bertz CT molecular complexity index is 1120. The highest BCUT2D eigenvalue weighted by Gasteiger charge is 2.24. The van der Waals surface area contributed by atoms with Gasteiger partial charge in [-0.05, 0) is 36.8 Å². The molecule has 0 saturated carbocycles. The minimum Gasteiger partial charge on any atom is -0.348 e. The Hall–Kier alpha value is -1.81. The van der Waals surface area contributed by atoms with E-state index < -0.39 is 38.4 Å². The molecule has 0 fully saturated rings. The van der Waals surface area contributed by atoms with E-state index in [-0.39, 0.29) is 20.6 Å². The number of hydrogen-bond donors (Lipinski definition) is 1. The molecule has 1 unspecified atom stereocenters. The van der Waals surface area contributed by atoms with Crippen molar-refractivity contribution in [1.82, 2.24) is 5.32 Å². The van der Waals surface area contributed by atoms with Crippen LogP contribution < -0.4 is 9.62 Å². The molecule has 0 aliphatic heterocycles. The third kappa shape index (κ3) is 6.08. The smallest absolute Gasteiger partial charge is 0.241 e. The molecule has 2 rings (SSSR count). The summed E-state index contributed by atoms with van der Waals surface area (Å²) in [6.45, 7) is 1.20. The van der Waals surface area contributed by atoms with Crippen LogP contribution in [0.5, 0.6) is 0 Å². The normalized spacial score (nSPS) is 13.0. The third-order valence-electron chi connectivity index (χ3n) is 4.07. The van der Waals surface area contributed by atoms with Crippen LogP contribution in [0.1, 0.15) is 18.5 Å². The van der Waals surface area contributed by atoms with Gasteiger partial charge >= 0.3 is 0 Å². The predicted octanol–water partition coefficient (Wildman–Crippen LogP) is 3.04. The van der Waals surface area contributed by atoms with Gasteiger partial charge in [0.2, 0.25) is 15.9 Å². The van der Waals surface area contributed by atoms with E-state index in [4.69, 9.17) is 23.2 Å². The van der Waals surface area contributed by atoms with Gasteiger partial charge in [-0.25, -0.2) is 16.8 Å². The summed E-state index contributed by atoms with van der Waals surface area (Å²) in [5.41, 5.74) is 0.763. The second-order valence-electron chi connectivity index (χ2n) is 6.47. The Balaban J connectivity index is 2.19. The molecule has 0 radical (unpaired) electrons. The van der Waals surface area contributed by atoms with Crippen molar-refractivity contribution in [1.29, 1.82) is 0 Å². The average molecular weight is 479 g/mol. The van der Waals surface area contributed by atoms with Crippen molar-refractivity contribution >= 4 is 54.7 Å². The maximum atomic E-state index is 12.5. The van der Waals surface area contributed by atoms with Crippen molar-refractivity contribution in [2.75, 3.05) is 23.4 Å². The Kier molecular flexibility index (Phi) is 7.21. The van der Waals surface area contributed by atoms with Gasteiger partial charge in [0.25, 0.3) is 0 Å². The Morgan fingerprint density at radius 3 is 2.14 bits per heavy atom. The SMILES string of the molecule is CC(NC(=O)CN(c1cccc(Cl)c1Cl)S(C)(=O)=O)c1ccc(S(C)(=O)=O)cc1. The summed E-state index contributed by atoms with van der Waals surface area (Å²) in [6, 6.07) is 10.1. The van der Waals surface area contributed by atoms with Crippen molar-refractivity contribution in [3.63, 3.8) is 0 Å². The minimum atomic E-state index is -3.81. The number of carbonyl (C=O) groups excluding carboxylic acids is 1. The molecule has 2 aromatic carbocycles. The highest BCUT2D eigenvalue weighted by Crippen LogP contribution is 2.33. The molecule has 0 bridgehead atoms. The number of sulfone groups is 1. The van der Waals surface area contributed by atoms with Crippen molar-refractivity contribution in [3.8, 4) is 0 Å². The van der Waals surface area contributed by atoms with Crippen LogP contribution in [0.3, 0.4) is 0 Å². The van der Waals surface area contributed by atoms with Crippen molar-refractivity contribution < 1.29 is 21.6 Å². The topological polar surface area (TPSA) is 101 Å². The zero-order valence-electron chi connectivity index (χ0n) is 15.9. The summed E-state index contributed by atoms with van der Waals surface area (Å²) < 4.78 is 48.4. The number of hydrogen-bond acceptors (Lipinski definition) is 5. The molecule has 29 heavy (non-hydrogen) atoms. The molecule has 11 heteroatoms. The van der Waals surface area contributed by atoms with Crippen LogP contribution in [0.2, 0.25) is 10.0 Å². The van der Waals surface area contributed by atoms with E-state index >= 15 is 0 Å². The van der Waals surface area contributed by atoms with Crippen LogP contribution >= 0.6 is 23.2 Å². The number of nitrogens with one attached hydrogen (secondary N) is 1. The highest BCUT2D eigenvalue weighted by molar-refractivity contribution is 7.92. The van der Waals surface area contributed by atoms with Gasteiger partial charge in [0.1, 0.15) is 6.54 Å². The van der Waals surface area contributed by atoms with Gasteiger partial charge in [-0.1, -0.05) is 41.4 Å². The summed E-state index contributed by atoms with van der Waals surface area (Å²) in [4.78, 5) is 12.7. The van der Waals surface area contributed by atoms with Crippen molar-refractivity contribution in [2.45, 2.75) is 17.9 Å². The molecule has 158 valence electrons. The Labute approximate surface area is 180 Å². The standard InChI is InChI=1S/C18H20Cl2N2O5S2/c1-12(13-7-9-14(10-8-13)28(2,24)25)21-17(23)11-22(29(3,26)27)16-6-4-5-15(19)18(16)20/h4-10,12H,11H2,1-3H3,(H,21,23). The molecule has 0 aliphatic rings. The largest absolute Gasteiger partial charge is 0.348 e. The summed E-state index contributed by atoms with van der Waals surface area (Å²) >= 11 is 12.1. The first-order valence-corrected chi connectivity index (χ1v) is 12.8. The Morgan fingerprint density at radius 2 is 1.62 bits per heavy atom. The number of amides is 1. The maximum absolute atomic E-state index is 12.5. The molecule has 2 aromatic rings. The lowest BCUT2D eigenvalue weighted by Crippen LogP contribution is -2.41. The lowest BCUT2D eigenvalue weighted by Gasteiger charge is -2.24. The number of anilines is 1. The van der Waals surface area contributed by atoms with E-state index in [0.29, 0.717) is 5.56 Å². The van der Waals surface area contributed by atoms with Crippen LogP contribution in [0.4, 0.5) is 5.69 Å². The van der Waals surface area contributed by atoms with Crippen LogP contribution in [0, 0.1) is 0 Å². The van der Waals surface area contributed by atoms with Crippen LogP contribution in [-0.2, 0) is 24.7 Å². The third-order valence-corrected chi connectivity index (χ3v) is 7.14. The average Bonchev–Trinajstić information content (AvgIpc) is 2.61. The number of sulfonamides is 1. The molecular weight excluding hydrogens is 459 g/mol. The number of halogens is 2. The van der Waals surface area contributed by atoms with Gasteiger partial charge in [-0.15, -0.1) is 0 Å². The van der Waals surface area contributed by atoms with Crippen molar-refractivity contribution in [2.24, 2.45) is 0 Å². The lowest BCUT2D eigenvalue weighted by molar-refractivity contribution is -0.120. The molecule has 0 saturated heterocycles. The number of carbonyl (C=O) groups is 1. The van der Waals surface area contributed by atoms with Gasteiger partial charge in [-0.2, -0.15) is 0 Å². The first kappa shape index (κ1) is 23.5. The molecule has 1 atom stereocenters. The van der Waals surface area contributed by atoms with Crippen LogP contribution in [-0.4, -0.2) is 41.8 Å². The fourth-order valence-electron chi connectivity index (χ4n) is 2.57. The molecule has 1 N–H and O–H groups in total. The number of benzene rings is 2. The molecule has 0 aromatic heterocycles. The molecule has 1 amide bonds.